The van der Waals surface area contributed by atoms with E-state index in [1.165, 1.54) is 6.33 Å². The molecule has 0 fully saturated rings. The van der Waals surface area contributed by atoms with Crippen molar-refractivity contribution >= 4 is 11.6 Å². The Bertz CT molecular complexity index is 967. The second-order valence-corrected chi connectivity index (χ2v) is 5.51. The number of nitrogens with one attached hydrogen (secondary N) is 1. The van der Waals surface area contributed by atoms with Gasteiger partial charge in [-0.2, -0.15) is 5.10 Å². The third kappa shape index (κ3) is 3.09. The summed E-state index contributed by atoms with van der Waals surface area (Å²) in [5, 5.41) is 15.2. The molecule has 1 N–H and O–H groups in total. The first-order chi connectivity index (χ1) is 12.7. The molecule has 4 rings (SSSR count). The van der Waals surface area contributed by atoms with Crippen LogP contribution >= 0.6 is 0 Å². The van der Waals surface area contributed by atoms with Crippen LogP contribution < -0.4 is 14.9 Å². The minimum atomic E-state index is -0.326. The third-order valence-corrected chi connectivity index (χ3v) is 3.86. The summed E-state index contributed by atoms with van der Waals surface area (Å²) >= 11 is 0. The molecule has 0 atom stereocenters. The third-order valence-electron chi connectivity index (χ3n) is 3.86. The highest BCUT2D eigenvalue weighted by atomic mass is 16.7. The largest absolute Gasteiger partial charge is 0.454 e. The summed E-state index contributed by atoms with van der Waals surface area (Å²) in [4.78, 5) is 12.2. The first-order valence-corrected chi connectivity index (χ1v) is 7.79. The van der Waals surface area contributed by atoms with Crippen molar-refractivity contribution in [2.75, 3.05) is 6.79 Å². The van der Waals surface area contributed by atoms with Crippen molar-refractivity contribution in [3.63, 3.8) is 0 Å². The van der Waals surface area contributed by atoms with E-state index in [-0.39, 0.29) is 12.7 Å². The number of aromatic nitrogens is 4. The lowest BCUT2D eigenvalue weighted by Gasteiger charge is -2.05. The SMILES string of the molecule is C/C(=N\NC(=O)c1ccc2c(c1)OCO2)c1ccc(-n2cnnn2)cc1. The maximum Gasteiger partial charge on any atom is 0.271 e. The maximum absolute atomic E-state index is 12.2. The molecule has 130 valence electrons. The second kappa shape index (κ2) is 6.63. The fourth-order valence-corrected chi connectivity index (χ4v) is 2.44. The number of rotatable bonds is 4. The Labute approximate surface area is 148 Å². The van der Waals surface area contributed by atoms with Gasteiger partial charge in [0.15, 0.2) is 11.5 Å². The van der Waals surface area contributed by atoms with Crippen LogP contribution in [0.4, 0.5) is 0 Å². The molecule has 1 aliphatic rings. The summed E-state index contributed by atoms with van der Waals surface area (Å²) in [6.45, 7) is 1.98. The number of benzene rings is 2. The van der Waals surface area contributed by atoms with Gasteiger partial charge in [0.1, 0.15) is 6.33 Å². The van der Waals surface area contributed by atoms with Crippen LogP contribution in [0, 0.1) is 0 Å². The van der Waals surface area contributed by atoms with E-state index in [9.17, 15) is 4.79 Å². The molecule has 26 heavy (non-hydrogen) atoms. The fraction of sp³-hybridized carbons (Fsp3) is 0.118. The van der Waals surface area contributed by atoms with Gasteiger partial charge in [-0.05, 0) is 53.2 Å². The van der Waals surface area contributed by atoms with Gasteiger partial charge in [-0.15, -0.1) is 5.10 Å². The average Bonchev–Trinajstić information content (AvgIpc) is 3.37. The number of nitrogens with zero attached hydrogens (tertiary/aromatic N) is 5. The lowest BCUT2D eigenvalue weighted by atomic mass is 10.1. The van der Waals surface area contributed by atoms with Gasteiger partial charge >= 0.3 is 0 Å². The summed E-state index contributed by atoms with van der Waals surface area (Å²) in [7, 11) is 0. The fourth-order valence-electron chi connectivity index (χ4n) is 2.44. The normalized spacial score (nSPS) is 12.9. The van der Waals surface area contributed by atoms with Gasteiger partial charge in [-0.3, -0.25) is 4.79 Å². The zero-order valence-electron chi connectivity index (χ0n) is 13.8. The van der Waals surface area contributed by atoms with Crippen LogP contribution in [0.15, 0.2) is 53.9 Å². The van der Waals surface area contributed by atoms with Crippen LogP contribution in [0.25, 0.3) is 5.69 Å². The number of hydrogen-bond donors (Lipinski definition) is 1. The Kier molecular flexibility index (Phi) is 4.02. The molecule has 9 heteroatoms. The van der Waals surface area contributed by atoms with Crippen molar-refractivity contribution in [1.82, 2.24) is 25.6 Å². The van der Waals surface area contributed by atoms with Crippen LogP contribution in [-0.2, 0) is 0 Å². The van der Waals surface area contributed by atoms with Crippen LogP contribution in [0.5, 0.6) is 11.5 Å². The van der Waals surface area contributed by atoms with Crippen LogP contribution in [0.1, 0.15) is 22.8 Å². The highest BCUT2D eigenvalue weighted by Gasteiger charge is 2.16. The predicted molar refractivity (Wildman–Crippen MR) is 91.4 cm³/mol. The van der Waals surface area contributed by atoms with E-state index in [0.29, 0.717) is 22.8 Å². The number of amides is 1. The number of hydrogen-bond acceptors (Lipinski definition) is 7. The molecule has 0 spiro atoms. The Morgan fingerprint density at radius 3 is 2.65 bits per heavy atom. The Balaban J connectivity index is 1.45. The molecule has 1 aliphatic heterocycles. The van der Waals surface area contributed by atoms with E-state index in [1.54, 1.807) is 22.9 Å². The predicted octanol–water partition coefficient (Wildman–Crippen LogP) is 1.54. The second-order valence-electron chi connectivity index (χ2n) is 5.51. The molecular weight excluding hydrogens is 336 g/mol. The Morgan fingerprint density at radius 1 is 1.12 bits per heavy atom. The molecule has 9 nitrogen and oxygen atoms in total. The number of carbonyl (C=O) groups is 1. The smallest absolute Gasteiger partial charge is 0.271 e. The van der Waals surface area contributed by atoms with Crippen LogP contribution in [-0.4, -0.2) is 38.6 Å². The molecule has 0 unspecified atom stereocenters. The molecular formula is C17H14N6O3. The zero-order valence-corrected chi connectivity index (χ0v) is 13.8. The van der Waals surface area contributed by atoms with Crippen LogP contribution in [0.3, 0.4) is 0 Å². The summed E-state index contributed by atoms with van der Waals surface area (Å²) in [5.74, 6) is 0.855. The zero-order chi connectivity index (χ0) is 17.9. The molecule has 1 aromatic heterocycles. The van der Waals surface area contributed by atoms with Gasteiger partial charge in [-0.1, -0.05) is 12.1 Å². The highest BCUT2D eigenvalue weighted by molar-refractivity contribution is 6.01. The minimum absolute atomic E-state index is 0.165. The summed E-state index contributed by atoms with van der Waals surface area (Å²) in [6, 6.07) is 12.5. The number of ether oxygens (including phenoxy) is 2. The Hall–Kier alpha value is -3.75. The lowest BCUT2D eigenvalue weighted by molar-refractivity contribution is 0.0954. The van der Waals surface area contributed by atoms with E-state index in [1.807, 2.05) is 31.2 Å². The summed E-state index contributed by atoms with van der Waals surface area (Å²) in [5.41, 5.74) is 5.36. The van der Waals surface area contributed by atoms with E-state index >= 15 is 0 Å². The molecule has 0 bridgehead atoms. The molecule has 3 aromatic rings. The quantitative estimate of drug-likeness (QED) is 0.565. The topological polar surface area (TPSA) is 104 Å². The number of hydrazone groups is 1. The molecule has 0 radical (unpaired) electrons. The van der Waals surface area contributed by atoms with E-state index in [0.717, 1.165) is 11.3 Å². The number of fused-ring (bicyclic) bond motifs is 1. The number of tetrazole rings is 1. The van der Waals surface area contributed by atoms with Crippen molar-refractivity contribution in [3.8, 4) is 17.2 Å². The van der Waals surface area contributed by atoms with Crippen molar-refractivity contribution in [1.29, 1.82) is 0 Å². The van der Waals surface area contributed by atoms with Crippen molar-refractivity contribution in [2.24, 2.45) is 5.10 Å². The standard InChI is InChI=1S/C17H14N6O3/c1-11(12-2-5-14(6-3-12)23-9-18-21-22-23)19-20-17(24)13-4-7-15-16(8-13)26-10-25-15/h2-9H,10H2,1H3,(H,20,24)/b19-11+. The van der Waals surface area contributed by atoms with Gasteiger partial charge < -0.3 is 9.47 Å². The van der Waals surface area contributed by atoms with Crippen molar-refractivity contribution < 1.29 is 14.3 Å². The van der Waals surface area contributed by atoms with Gasteiger partial charge in [0.2, 0.25) is 6.79 Å². The first kappa shape index (κ1) is 15.8. The minimum Gasteiger partial charge on any atom is -0.454 e. The highest BCUT2D eigenvalue weighted by Crippen LogP contribution is 2.32. The molecule has 1 amide bonds. The number of carbonyl (C=O) groups excluding carboxylic acids is 1. The molecule has 0 aliphatic carbocycles. The van der Waals surface area contributed by atoms with E-state index < -0.39 is 0 Å². The van der Waals surface area contributed by atoms with Gasteiger partial charge in [0.25, 0.3) is 5.91 Å². The van der Waals surface area contributed by atoms with E-state index in [2.05, 4.69) is 26.1 Å². The first-order valence-electron chi connectivity index (χ1n) is 7.79. The van der Waals surface area contributed by atoms with E-state index in [4.69, 9.17) is 9.47 Å². The van der Waals surface area contributed by atoms with Crippen LogP contribution in [0.2, 0.25) is 0 Å². The average molecular weight is 350 g/mol. The molecule has 0 saturated heterocycles. The van der Waals surface area contributed by atoms with Crippen molar-refractivity contribution in [2.45, 2.75) is 6.92 Å². The van der Waals surface area contributed by atoms with Gasteiger partial charge in [-0.25, -0.2) is 10.1 Å². The molecule has 0 saturated carbocycles. The van der Waals surface area contributed by atoms with Gasteiger partial charge in [0, 0.05) is 5.56 Å². The Morgan fingerprint density at radius 2 is 1.88 bits per heavy atom. The summed E-state index contributed by atoms with van der Waals surface area (Å²) in [6.07, 6.45) is 1.52. The molecule has 2 aromatic carbocycles. The van der Waals surface area contributed by atoms with Crippen molar-refractivity contribution in [3.05, 3.63) is 59.9 Å². The lowest BCUT2D eigenvalue weighted by Crippen LogP contribution is -2.19. The maximum atomic E-state index is 12.2. The van der Waals surface area contributed by atoms with Gasteiger partial charge in [0.05, 0.1) is 11.4 Å². The molecule has 2 heterocycles. The summed E-state index contributed by atoms with van der Waals surface area (Å²) < 4.78 is 12.1. The monoisotopic (exact) mass is 350 g/mol.